The fourth-order valence-corrected chi connectivity index (χ4v) is 4.87. The molecule has 0 fully saturated rings. The van der Waals surface area contributed by atoms with E-state index in [0.29, 0.717) is 12.8 Å². The van der Waals surface area contributed by atoms with Gasteiger partial charge in [0.15, 0.2) is 12.2 Å². The molecule has 0 saturated carbocycles. The van der Waals surface area contributed by atoms with Crippen LogP contribution in [0.15, 0.2) is 48.6 Å². The Morgan fingerprint density at radius 3 is 1.06 bits per heavy atom. The molecule has 0 spiro atoms. The maximum Gasteiger partial charge on any atom is 0.346 e. The summed E-state index contributed by atoms with van der Waals surface area (Å²) in [5, 5.41) is 19.9. The Morgan fingerprint density at radius 2 is 0.729 bits per heavy atom. The maximum absolute atomic E-state index is 12.0. The first-order valence-electron chi connectivity index (χ1n) is 18.8. The van der Waals surface area contributed by atoms with Gasteiger partial charge in [0.25, 0.3) is 0 Å². The molecule has 0 rings (SSSR count). The third-order valence-corrected chi connectivity index (χ3v) is 7.87. The van der Waals surface area contributed by atoms with E-state index in [-0.39, 0.29) is 12.8 Å². The number of unbranched alkanes of at least 4 members (excludes halogenated alkanes) is 16. The van der Waals surface area contributed by atoms with Gasteiger partial charge in [-0.3, -0.25) is 9.59 Å². The lowest BCUT2D eigenvalue weighted by molar-refractivity contribution is -0.180. The molecular formula is C40H66O8. The van der Waals surface area contributed by atoms with E-state index < -0.39 is 36.1 Å². The van der Waals surface area contributed by atoms with Crippen molar-refractivity contribution in [3.63, 3.8) is 0 Å². The van der Waals surface area contributed by atoms with Crippen LogP contribution in [-0.2, 0) is 28.7 Å². The summed E-state index contributed by atoms with van der Waals surface area (Å²) in [5.41, 5.74) is 0. The molecule has 0 aromatic carbocycles. The van der Waals surface area contributed by atoms with E-state index in [1.165, 1.54) is 38.5 Å². The van der Waals surface area contributed by atoms with Gasteiger partial charge in [-0.15, -0.1) is 0 Å². The fourth-order valence-electron chi connectivity index (χ4n) is 4.87. The molecule has 2 N–H and O–H groups in total. The molecule has 0 aliphatic heterocycles. The van der Waals surface area contributed by atoms with Crippen LogP contribution in [-0.4, -0.2) is 46.3 Å². The van der Waals surface area contributed by atoms with Gasteiger partial charge in [-0.25, -0.2) is 9.59 Å². The van der Waals surface area contributed by atoms with Crippen molar-refractivity contribution in [3.8, 4) is 0 Å². The summed E-state index contributed by atoms with van der Waals surface area (Å²) in [5.74, 6) is -4.59. The van der Waals surface area contributed by atoms with Gasteiger partial charge in [-0.05, 0) is 77.0 Å². The molecule has 0 radical (unpaired) electrons. The summed E-state index contributed by atoms with van der Waals surface area (Å²) < 4.78 is 9.13. The van der Waals surface area contributed by atoms with E-state index in [1.54, 1.807) is 0 Å². The minimum Gasteiger partial charge on any atom is -0.391 e. The van der Waals surface area contributed by atoms with Crippen molar-refractivity contribution < 1.29 is 38.9 Å². The zero-order valence-electron chi connectivity index (χ0n) is 30.1. The molecule has 0 amide bonds. The molecule has 8 nitrogen and oxygen atoms in total. The Labute approximate surface area is 291 Å². The average Bonchev–Trinajstić information content (AvgIpc) is 3.07. The quantitative estimate of drug-likeness (QED) is 0.0322. The Balaban J connectivity index is 3.88. The van der Waals surface area contributed by atoms with Crippen molar-refractivity contribution in [2.75, 3.05) is 0 Å². The first-order chi connectivity index (χ1) is 23.3. The van der Waals surface area contributed by atoms with E-state index in [1.807, 2.05) is 0 Å². The molecular weight excluding hydrogens is 608 g/mol. The van der Waals surface area contributed by atoms with Crippen LogP contribution in [0, 0.1) is 0 Å². The van der Waals surface area contributed by atoms with Crippen molar-refractivity contribution in [1.29, 1.82) is 0 Å². The molecule has 0 bridgehead atoms. The molecule has 0 aliphatic rings. The van der Waals surface area contributed by atoms with Gasteiger partial charge < -0.3 is 19.7 Å². The van der Waals surface area contributed by atoms with Crippen LogP contribution in [0.2, 0.25) is 0 Å². The standard InChI is InChI=1S/C40H66O8/c1-3-5-7-9-11-13-15-17-19-21-23-25-27-29-31-33-35(41)47-39(45)37(43)38(44)40(46)48-36(42)34-32-30-28-26-24-22-20-18-16-14-12-10-8-6-4-2/h11-14,17-20,37-38,43-44H,3-10,15-16,21-34H2,1-2H3/b13-11-,14-12-,19-17-,20-18-. The Hall–Kier alpha value is -2.84. The lowest BCUT2D eigenvalue weighted by Crippen LogP contribution is -2.42. The maximum atomic E-state index is 12.0. The highest BCUT2D eigenvalue weighted by Crippen LogP contribution is 2.11. The zero-order valence-corrected chi connectivity index (χ0v) is 30.1. The SMILES string of the molecule is CCCCC/C=C\C/C=C\CCCCCCCC(=O)OC(=O)C(O)C(O)C(=O)OC(=O)CCCCCCC/C=C\C/C=C\CCCCC. The number of ether oxygens (including phenoxy) is 2. The highest BCUT2D eigenvalue weighted by atomic mass is 16.6. The first-order valence-corrected chi connectivity index (χ1v) is 18.8. The molecule has 0 heterocycles. The Morgan fingerprint density at radius 1 is 0.438 bits per heavy atom. The monoisotopic (exact) mass is 674 g/mol. The number of allylic oxidation sites excluding steroid dienone is 8. The van der Waals surface area contributed by atoms with Gasteiger partial charge >= 0.3 is 23.9 Å². The Kier molecular flexibility index (Phi) is 32.0. The summed E-state index contributed by atoms with van der Waals surface area (Å²) in [6.07, 6.45) is 35.6. The van der Waals surface area contributed by atoms with E-state index in [4.69, 9.17) is 0 Å². The molecule has 0 aliphatic carbocycles. The molecule has 48 heavy (non-hydrogen) atoms. The number of aliphatic hydroxyl groups is 2. The number of hydrogen-bond acceptors (Lipinski definition) is 8. The van der Waals surface area contributed by atoms with Gasteiger partial charge in [0.05, 0.1) is 0 Å². The number of rotatable bonds is 31. The number of esters is 4. The van der Waals surface area contributed by atoms with E-state index >= 15 is 0 Å². The number of hydrogen-bond donors (Lipinski definition) is 2. The smallest absolute Gasteiger partial charge is 0.346 e. The highest BCUT2D eigenvalue weighted by molar-refractivity contribution is 5.94. The highest BCUT2D eigenvalue weighted by Gasteiger charge is 2.35. The molecule has 0 aromatic heterocycles. The van der Waals surface area contributed by atoms with E-state index in [0.717, 1.165) is 89.9 Å². The van der Waals surface area contributed by atoms with Gasteiger partial charge in [-0.2, -0.15) is 0 Å². The predicted octanol–water partition coefficient (Wildman–Crippen LogP) is 9.47. The third-order valence-electron chi connectivity index (χ3n) is 7.87. The van der Waals surface area contributed by atoms with Crippen LogP contribution >= 0.6 is 0 Å². The van der Waals surface area contributed by atoms with Gasteiger partial charge in [0, 0.05) is 12.8 Å². The second kappa shape index (κ2) is 34.0. The molecule has 0 saturated heterocycles. The molecule has 2 unspecified atom stereocenters. The van der Waals surface area contributed by atoms with Crippen LogP contribution < -0.4 is 0 Å². The summed E-state index contributed by atoms with van der Waals surface area (Å²) in [7, 11) is 0. The Bertz CT molecular complexity index is 873. The van der Waals surface area contributed by atoms with Gasteiger partial charge in [0.1, 0.15) is 0 Å². The zero-order chi connectivity index (χ0) is 35.5. The molecule has 8 heteroatoms. The van der Waals surface area contributed by atoms with E-state index in [2.05, 4.69) is 71.9 Å². The summed E-state index contributed by atoms with van der Waals surface area (Å²) in [4.78, 5) is 47.9. The molecule has 274 valence electrons. The topological polar surface area (TPSA) is 127 Å². The van der Waals surface area contributed by atoms with Crippen LogP contribution in [0.3, 0.4) is 0 Å². The van der Waals surface area contributed by atoms with Crippen molar-refractivity contribution >= 4 is 23.9 Å². The molecule has 0 aromatic rings. The van der Waals surface area contributed by atoms with Crippen molar-refractivity contribution in [2.45, 2.75) is 180 Å². The van der Waals surface area contributed by atoms with Crippen LogP contribution in [0.1, 0.15) is 168 Å². The number of aliphatic hydroxyl groups excluding tert-OH is 2. The van der Waals surface area contributed by atoms with Crippen molar-refractivity contribution in [3.05, 3.63) is 48.6 Å². The first kappa shape index (κ1) is 45.2. The van der Waals surface area contributed by atoms with Gasteiger partial charge in [0.2, 0.25) is 0 Å². The van der Waals surface area contributed by atoms with Crippen LogP contribution in [0.25, 0.3) is 0 Å². The average molecular weight is 675 g/mol. The summed E-state index contributed by atoms with van der Waals surface area (Å²) in [6, 6.07) is 0. The van der Waals surface area contributed by atoms with Crippen molar-refractivity contribution in [1.82, 2.24) is 0 Å². The summed E-state index contributed by atoms with van der Waals surface area (Å²) in [6.45, 7) is 4.41. The van der Waals surface area contributed by atoms with Crippen LogP contribution in [0.4, 0.5) is 0 Å². The number of carbonyl (C=O) groups excluding carboxylic acids is 4. The fraction of sp³-hybridized carbons (Fsp3) is 0.700. The number of carbonyl (C=O) groups is 4. The third kappa shape index (κ3) is 29.3. The lowest BCUT2D eigenvalue weighted by Gasteiger charge is -2.14. The molecule has 2 atom stereocenters. The largest absolute Gasteiger partial charge is 0.391 e. The van der Waals surface area contributed by atoms with Crippen molar-refractivity contribution in [2.24, 2.45) is 0 Å². The lowest BCUT2D eigenvalue weighted by atomic mass is 10.1. The second-order valence-corrected chi connectivity index (χ2v) is 12.4. The minimum absolute atomic E-state index is 0.0183. The summed E-state index contributed by atoms with van der Waals surface area (Å²) >= 11 is 0. The normalized spacial score (nSPS) is 13.2. The minimum atomic E-state index is -2.32. The van der Waals surface area contributed by atoms with Gasteiger partial charge in [-0.1, -0.05) is 127 Å². The van der Waals surface area contributed by atoms with E-state index in [9.17, 15) is 29.4 Å². The predicted molar refractivity (Wildman–Crippen MR) is 193 cm³/mol. The second-order valence-electron chi connectivity index (χ2n) is 12.4. The van der Waals surface area contributed by atoms with Crippen LogP contribution in [0.5, 0.6) is 0 Å².